The van der Waals surface area contributed by atoms with Crippen LogP contribution in [0, 0.1) is 0 Å². The van der Waals surface area contributed by atoms with Crippen LogP contribution in [-0.4, -0.2) is 42.4 Å². The highest BCUT2D eigenvalue weighted by molar-refractivity contribution is 6.00. The first kappa shape index (κ1) is 17.1. The Hall–Kier alpha value is -2.76. The molecule has 0 aliphatic rings. The van der Waals surface area contributed by atoms with Crippen molar-refractivity contribution in [2.24, 2.45) is 7.05 Å². The molecule has 0 spiro atoms. The van der Waals surface area contributed by atoms with Crippen molar-refractivity contribution in [3.05, 3.63) is 42.4 Å². The summed E-state index contributed by atoms with van der Waals surface area (Å²) < 4.78 is 1.87. The molecule has 0 fully saturated rings. The Bertz CT molecular complexity index is 905. The number of aryl methyl sites for hydroxylation is 1. The zero-order valence-corrected chi connectivity index (χ0v) is 15.3. The molecule has 3 aromatic rings. The zero-order valence-electron chi connectivity index (χ0n) is 15.3. The molecule has 0 radical (unpaired) electrons. The second kappa shape index (κ2) is 6.63. The van der Waals surface area contributed by atoms with E-state index >= 15 is 0 Å². The maximum atomic E-state index is 13.1. The fourth-order valence-corrected chi connectivity index (χ4v) is 3.11. The van der Waals surface area contributed by atoms with Crippen LogP contribution in [0.2, 0.25) is 0 Å². The van der Waals surface area contributed by atoms with E-state index in [4.69, 9.17) is 0 Å². The van der Waals surface area contributed by atoms with Gasteiger partial charge in [-0.1, -0.05) is 18.2 Å². The quantitative estimate of drug-likeness (QED) is 0.733. The van der Waals surface area contributed by atoms with Crippen LogP contribution in [-0.2, 0) is 7.05 Å². The lowest BCUT2D eigenvalue weighted by molar-refractivity contribution is 0.0644. The molecule has 0 atom stereocenters. The van der Waals surface area contributed by atoms with Crippen LogP contribution in [0.25, 0.3) is 22.6 Å². The third kappa shape index (κ3) is 3.12. The molecule has 2 heterocycles. The van der Waals surface area contributed by atoms with E-state index in [1.807, 2.05) is 68.5 Å². The highest BCUT2D eigenvalue weighted by Gasteiger charge is 2.24. The summed E-state index contributed by atoms with van der Waals surface area (Å²) >= 11 is 0. The molecular formula is C19H23N5O. The van der Waals surface area contributed by atoms with Crippen LogP contribution in [0.5, 0.6) is 0 Å². The van der Waals surface area contributed by atoms with Gasteiger partial charge in [-0.25, -0.2) is 15.0 Å². The van der Waals surface area contributed by atoms with Gasteiger partial charge < -0.3 is 9.47 Å². The van der Waals surface area contributed by atoms with Gasteiger partial charge in [-0.15, -0.1) is 0 Å². The maximum absolute atomic E-state index is 13.1. The molecule has 0 aliphatic carbocycles. The number of amides is 1. The van der Waals surface area contributed by atoms with Crippen molar-refractivity contribution in [2.45, 2.75) is 39.8 Å². The van der Waals surface area contributed by atoms with Gasteiger partial charge in [0.1, 0.15) is 5.52 Å². The predicted molar refractivity (Wildman–Crippen MR) is 98.2 cm³/mol. The monoisotopic (exact) mass is 337 g/mol. The van der Waals surface area contributed by atoms with E-state index in [9.17, 15) is 4.79 Å². The van der Waals surface area contributed by atoms with Crippen LogP contribution < -0.4 is 0 Å². The van der Waals surface area contributed by atoms with Crippen molar-refractivity contribution in [1.82, 2.24) is 24.4 Å². The molecule has 1 aromatic carbocycles. The molecule has 0 aliphatic heterocycles. The van der Waals surface area contributed by atoms with Crippen molar-refractivity contribution in [1.29, 1.82) is 0 Å². The standard InChI is InChI=1S/C19H23N5O/c1-12(2)24(13(3)4)19(25)15-9-7-6-8-14(15)17-20-10-16-18(22-17)21-11-23(16)5/h6-13H,1-5H3. The Kier molecular flexibility index (Phi) is 4.53. The van der Waals surface area contributed by atoms with E-state index in [1.165, 1.54) is 0 Å². The summed E-state index contributed by atoms with van der Waals surface area (Å²) in [5, 5.41) is 0. The van der Waals surface area contributed by atoms with Crippen molar-refractivity contribution < 1.29 is 4.79 Å². The first-order valence-electron chi connectivity index (χ1n) is 8.46. The van der Waals surface area contributed by atoms with E-state index in [0.717, 1.165) is 11.1 Å². The number of carbonyl (C=O) groups is 1. The number of hydrogen-bond donors (Lipinski definition) is 0. The number of nitrogens with zero attached hydrogens (tertiary/aromatic N) is 5. The molecule has 0 unspecified atom stereocenters. The molecule has 2 aromatic heterocycles. The molecule has 130 valence electrons. The number of carbonyl (C=O) groups excluding carboxylic acids is 1. The summed E-state index contributed by atoms with van der Waals surface area (Å²) in [6.45, 7) is 8.10. The highest BCUT2D eigenvalue weighted by Crippen LogP contribution is 2.24. The normalized spacial score (nSPS) is 11.5. The minimum absolute atomic E-state index is 0.00896. The van der Waals surface area contributed by atoms with Crippen LogP contribution in [0.4, 0.5) is 0 Å². The van der Waals surface area contributed by atoms with Gasteiger partial charge in [0.15, 0.2) is 11.5 Å². The van der Waals surface area contributed by atoms with Crippen molar-refractivity contribution in [2.75, 3.05) is 0 Å². The minimum Gasteiger partial charge on any atom is -0.334 e. The summed E-state index contributed by atoms with van der Waals surface area (Å²) in [5.41, 5.74) is 2.82. The lowest BCUT2D eigenvalue weighted by atomic mass is 10.0. The van der Waals surface area contributed by atoms with Crippen molar-refractivity contribution in [3.63, 3.8) is 0 Å². The molecule has 6 nitrogen and oxygen atoms in total. The van der Waals surface area contributed by atoms with E-state index in [0.29, 0.717) is 17.0 Å². The molecule has 6 heteroatoms. The highest BCUT2D eigenvalue weighted by atomic mass is 16.2. The fraction of sp³-hybridized carbons (Fsp3) is 0.368. The topological polar surface area (TPSA) is 63.9 Å². The van der Waals surface area contributed by atoms with E-state index < -0.39 is 0 Å². The third-order valence-corrected chi connectivity index (χ3v) is 4.23. The van der Waals surface area contributed by atoms with Gasteiger partial charge in [-0.2, -0.15) is 0 Å². The summed E-state index contributed by atoms with van der Waals surface area (Å²) in [6, 6.07) is 7.71. The second-order valence-corrected chi connectivity index (χ2v) is 6.70. The van der Waals surface area contributed by atoms with Crippen molar-refractivity contribution >= 4 is 17.1 Å². The molecule has 0 bridgehead atoms. The Morgan fingerprint density at radius 1 is 1.08 bits per heavy atom. The average molecular weight is 337 g/mol. The summed E-state index contributed by atoms with van der Waals surface area (Å²) in [4.78, 5) is 28.3. The van der Waals surface area contributed by atoms with Crippen molar-refractivity contribution in [3.8, 4) is 11.4 Å². The minimum atomic E-state index is -0.00896. The van der Waals surface area contributed by atoms with E-state index in [1.54, 1.807) is 12.5 Å². The largest absolute Gasteiger partial charge is 0.334 e. The second-order valence-electron chi connectivity index (χ2n) is 6.70. The Morgan fingerprint density at radius 2 is 1.76 bits per heavy atom. The van der Waals surface area contributed by atoms with Crippen LogP contribution >= 0.6 is 0 Å². The lowest BCUT2D eigenvalue weighted by Crippen LogP contribution is -2.42. The summed E-state index contributed by atoms with van der Waals surface area (Å²) in [6.07, 6.45) is 3.45. The predicted octanol–water partition coefficient (Wildman–Crippen LogP) is 3.29. The van der Waals surface area contributed by atoms with E-state index in [2.05, 4.69) is 15.0 Å². The number of benzene rings is 1. The van der Waals surface area contributed by atoms with Gasteiger partial charge in [0.05, 0.1) is 18.1 Å². The molecule has 3 rings (SSSR count). The van der Waals surface area contributed by atoms with Gasteiger partial charge >= 0.3 is 0 Å². The zero-order chi connectivity index (χ0) is 18.1. The van der Waals surface area contributed by atoms with Gasteiger partial charge in [-0.05, 0) is 33.8 Å². The van der Waals surface area contributed by atoms with E-state index in [-0.39, 0.29) is 18.0 Å². The smallest absolute Gasteiger partial charge is 0.255 e. The van der Waals surface area contributed by atoms with Crippen LogP contribution in [0.15, 0.2) is 36.8 Å². The Morgan fingerprint density at radius 3 is 2.44 bits per heavy atom. The summed E-state index contributed by atoms with van der Waals surface area (Å²) in [7, 11) is 1.90. The maximum Gasteiger partial charge on any atom is 0.255 e. The summed E-state index contributed by atoms with van der Waals surface area (Å²) in [5.74, 6) is 0.507. The Balaban J connectivity index is 2.10. The number of rotatable bonds is 4. The molecule has 25 heavy (non-hydrogen) atoms. The molecule has 0 N–H and O–H groups in total. The fourth-order valence-electron chi connectivity index (χ4n) is 3.11. The average Bonchev–Trinajstić information content (AvgIpc) is 2.95. The van der Waals surface area contributed by atoms with Gasteiger partial charge in [0.2, 0.25) is 0 Å². The SMILES string of the molecule is CC(C)N(C(=O)c1ccccc1-c1ncc2c(ncn2C)n1)C(C)C. The Labute approximate surface area is 147 Å². The molecule has 0 saturated heterocycles. The molecular weight excluding hydrogens is 314 g/mol. The van der Waals surface area contributed by atoms with Crippen LogP contribution in [0.1, 0.15) is 38.1 Å². The first-order chi connectivity index (χ1) is 11.9. The third-order valence-electron chi connectivity index (χ3n) is 4.23. The lowest BCUT2D eigenvalue weighted by Gasteiger charge is -2.31. The number of hydrogen-bond acceptors (Lipinski definition) is 4. The number of imidazole rings is 1. The number of fused-ring (bicyclic) bond motifs is 1. The van der Waals surface area contributed by atoms with Gasteiger partial charge in [-0.3, -0.25) is 4.79 Å². The number of aromatic nitrogens is 4. The van der Waals surface area contributed by atoms with Crippen LogP contribution in [0.3, 0.4) is 0 Å². The first-order valence-corrected chi connectivity index (χ1v) is 8.46. The molecule has 1 amide bonds. The van der Waals surface area contributed by atoms with Gasteiger partial charge in [0, 0.05) is 24.7 Å². The molecule has 0 saturated carbocycles. The van der Waals surface area contributed by atoms with Gasteiger partial charge in [0.25, 0.3) is 5.91 Å².